The van der Waals surface area contributed by atoms with E-state index in [1.807, 2.05) is 7.05 Å². The minimum absolute atomic E-state index is 0.0231. The van der Waals surface area contributed by atoms with E-state index in [9.17, 15) is 8.78 Å². The van der Waals surface area contributed by atoms with Gasteiger partial charge in [0.1, 0.15) is 11.6 Å². The molecule has 0 radical (unpaired) electrons. The van der Waals surface area contributed by atoms with Gasteiger partial charge in [-0.1, -0.05) is 22.0 Å². The molecule has 0 aromatic heterocycles. The fourth-order valence-corrected chi connectivity index (χ4v) is 2.84. The highest BCUT2D eigenvalue weighted by atomic mass is 79.9. The van der Waals surface area contributed by atoms with E-state index in [4.69, 9.17) is 0 Å². The van der Waals surface area contributed by atoms with Crippen molar-refractivity contribution in [1.82, 2.24) is 5.32 Å². The van der Waals surface area contributed by atoms with Gasteiger partial charge >= 0.3 is 0 Å². The molecule has 20 heavy (non-hydrogen) atoms. The minimum Gasteiger partial charge on any atom is -0.313 e. The minimum atomic E-state index is -0.296. The van der Waals surface area contributed by atoms with Crippen LogP contribution in [-0.4, -0.2) is 7.05 Å². The van der Waals surface area contributed by atoms with Crippen LogP contribution in [0.3, 0.4) is 0 Å². The maximum Gasteiger partial charge on any atom is 0.137 e. The van der Waals surface area contributed by atoms with Crippen LogP contribution in [0.5, 0.6) is 0 Å². The number of hydrogen-bond donors (Lipinski definition) is 1. The van der Waals surface area contributed by atoms with E-state index >= 15 is 0 Å². The number of benzene rings is 2. The molecule has 5 heteroatoms. The number of nitrogens with one attached hydrogen (secondary N) is 1. The molecule has 1 atom stereocenters. The molecule has 2 aromatic rings. The first-order valence-corrected chi connectivity index (χ1v) is 7.66. The third-order valence-electron chi connectivity index (χ3n) is 3.13. The molecule has 106 valence electrons. The topological polar surface area (TPSA) is 12.0 Å². The summed E-state index contributed by atoms with van der Waals surface area (Å²) < 4.78 is 27.9. The molecule has 1 N–H and O–H groups in total. The summed E-state index contributed by atoms with van der Waals surface area (Å²) >= 11 is 6.61. The van der Waals surface area contributed by atoms with Gasteiger partial charge in [-0.3, -0.25) is 0 Å². The first kappa shape index (κ1) is 15.6. The molecule has 0 amide bonds. The zero-order valence-electron chi connectivity index (χ0n) is 10.8. The molecule has 1 unspecified atom stereocenters. The summed E-state index contributed by atoms with van der Waals surface area (Å²) in [6.07, 6.45) is 0.604. The fraction of sp³-hybridized carbons (Fsp3) is 0.200. The molecule has 0 aliphatic carbocycles. The first-order chi connectivity index (χ1) is 9.51. The second-order valence-electron chi connectivity index (χ2n) is 4.45. The molecule has 2 rings (SSSR count). The zero-order chi connectivity index (χ0) is 14.7. The molecule has 0 saturated carbocycles. The third kappa shape index (κ3) is 3.65. The van der Waals surface area contributed by atoms with Crippen molar-refractivity contribution in [3.63, 3.8) is 0 Å². The van der Waals surface area contributed by atoms with E-state index in [0.717, 1.165) is 15.6 Å². The predicted octanol–water partition coefficient (Wildman–Crippen LogP) is 4.99. The van der Waals surface area contributed by atoms with E-state index in [1.165, 1.54) is 18.2 Å². The Labute approximate surface area is 133 Å². The Hall–Kier alpha value is -0.780. The van der Waals surface area contributed by atoms with Crippen molar-refractivity contribution in [2.24, 2.45) is 0 Å². The smallest absolute Gasteiger partial charge is 0.137 e. The maximum absolute atomic E-state index is 13.3. The van der Waals surface area contributed by atoms with Crippen LogP contribution >= 0.6 is 31.9 Å². The number of likely N-dealkylation sites (N-methyl/N-ethyl adjacent to an activating group) is 1. The van der Waals surface area contributed by atoms with Crippen molar-refractivity contribution in [2.75, 3.05) is 7.05 Å². The highest BCUT2D eigenvalue weighted by Crippen LogP contribution is 2.27. The standard InChI is InChI=1S/C15H13Br2F2N/c1-20-15(9-2-5-14(19)13(17)7-9)8-10-6-11(18)3-4-12(10)16/h2-7,15,20H,8H2,1H3. The van der Waals surface area contributed by atoms with Crippen LogP contribution < -0.4 is 5.32 Å². The summed E-state index contributed by atoms with van der Waals surface area (Å²) in [4.78, 5) is 0. The molecule has 0 aliphatic heterocycles. The van der Waals surface area contributed by atoms with Crippen LogP contribution in [0, 0.1) is 11.6 Å². The maximum atomic E-state index is 13.3. The van der Waals surface area contributed by atoms with E-state index in [-0.39, 0.29) is 17.7 Å². The Bertz CT molecular complexity index is 617. The summed E-state index contributed by atoms with van der Waals surface area (Å²) in [5, 5.41) is 3.17. The average Bonchev–Trinajstić information content (AvgIpc) is 2.43. The van der Waals surface area contributed by atoms with Gasteiger partial charge in [0.25, 0.3) is 0 Å². The first-order valence-electron chi connectivity index (χ1n) is 6.07. The van der Waals surface area contributed by atoms with Crippen LogP contribution in [0.4, 0.5) is 8.78 Å². The monoisotopic (exact) mass is 403 g/mol. The molecule has 0 fully saturated rings. The van der Waals surface area contributed by atoms with Crippen molar-refractivity contribution in [2.45, 2.75) is 12.5 Å². The fourth-order valence-electron chi connectivity index (χ4n) is 2.04. The highest BCUT2D eigenvalue weighted by Gasteiger charge is 2.14. The number of rotatable bonds is 4. The van der Waals surface area contributed by atoms with Gasteiger partial charge in [-0.25, -0.2) is 8.78 Å². The van der Waals surface area contributed by atoms with Gasteiger partial charge in [-0.2, -0.15) is 0 Å². The Balaban J connectivity index is 2.28. The summed E-state index contributed by atoms with van der Waals surface area (Å²) in [6.45, 7) is 0. The second kappa shape index (κ2) is 6.78. The Morgan fingerprint density at radius 3 is 2.45 bits per heavy atom. The predicted molar refractivity (Wildman–Crippen MR) is 83.7 cm³/mol. The largest absolute Gasteiger partial charge is 0.313 e. The van der Waals surface area contributed by atoms with Crippen LogP contribution in [0.15, 0.2) is 45.3 Å². The quantitative estimate of drug-likeness (QED) is 0.756. The lowest BCUT2D eigenvalue weighted by molar-refractivity contribution is 0.577. The van der Waals surface area contributed by atoms with Gasteiger partial charge in [-0.05, 0) is 70.9 Å². The molecule has 0 heterocycles. The van der Waals surface area contributed by atoms with Crippen LogP contribution in [0.2, 0.25) is 0 Å². The Morgan fingerprint density at radius 2 is 1.80 bits per heavy atom. The Morgan fingerprint density at radius 1 is 1.05 bits per heavy atom. The summed E-state index contributed by atoms with van der Waals surface area (Å²) in [5.41, 5.74) is 1.81. The van der Waals surface area contributed by atoms with E-state index in [0.29, 0.717) is 10.9 Å². The summed E-state index contributed by atoms with van der Waals surface area (Å²) in [5.74, 6) is -0.561. The van der Waals surface area contributed by atoms with Gasteiger partial charge in [-0.15, -0.1) is 0 Å². The normalized spacial score (nSPS) is 12.4. The second-order valence-corrected chi connectivity index (χ2v) is 6.16. The molecule has 1 nitrogen and oxygen atoms in total. The van der Waals surface area contributed by atoms with Crippen LogP contribution in [-0.2, 0) is 6.42 Å². The summed E-state index contributed by atoms with van der Waals surface area (Å²) in [7, 11) is 1.83. The molecule has 0 bridgehead atoms. The molecule has 0 aliphatic rings. The van der Waals surface area contributed by atoms with Crippen molar-refractivity contribution >= 4 is 31.9 Å². The highest BCUT2D eigenvalue weighted by molar-refractivity contribution is 9.10. The molecule has 2 aromatic carbocycles. The van der Waals surface area contributed by atoms with Crippen molar-refractivity contribution in [3.8, 4) is 0 Å². The number of halogens is 4. The average molecular weight is 405 g/mol. The van der Waals surface area contributed by atoms with Crippen molar-refractivity contribution < 1.29 is 8.78 Å². The summed E-state index contributed by atoms with van der Waals surface area (Å²) in [6, 6.07) is 9.48. The van der Waals surface area contributed by atoms with Crippen LogP contribution in [0.1, 0.15) is 17.2 Å². The molecule has 0 spiro atoms. The van der Waals surface area contributed by atoms with Gasteiger partial charge < -0.3 is 5.32 Å². The van der Waals surface area contributed by atoms with E-state index in [1.54, 1.807) is 18.2 Å². The molecular formula is C15H13Br2F2N. The van der Waals surface area contributed by atoms with E-state index < -0.39 is 0 Å². The van der Waals surface area contributed by atoms with Gasteiger partial charge in [0, 0.05) is 10.5 Å². The van der Waals surface area contributed by atoms with Crippen molar-refractivity contribution in [1.29, 1.82) is 0 Å². The number of hydrogen-bond acceptors (Lipinski definition) is 1. The van der Waals surface area contributed by atoms with Gasteiger partial charge in [0.2, 0.25) is 0 Å². The zero-order valence-corrected chi connectivity index (χ0v) is 13.9. The third-order valence-corrected chi connectivity index (χ3v) is 4.51. The Kier molecular flexibility index (Phi) is 5.29. The lowest BCUT2D eigenvalue weighted by Gasteiger charge is -2.18. The molecule has 0 saturated heterocycles. The molecular weight excluding hydrogens is 392 g/mol. The lowest BCUT2D eigenvalue weighted by atomic mass is 9.99. The van der Waals surface area contributed by atoms with E-state index in [2.05, 4.69) is 37.2 Å². The van der Waals surface area contributed by atoms with Crippen molar-refractivity contribution in [3.05, 3.63) is 68.1 Å². The van der Waals surface area contributed by atoms with Gasteiger partial charge in [0.05, 0.1) is 4.47 Å². The SMILES string of the molecule is CNC(Cc1cc(F)ccc1Br)c1ccc(F)c(Br)c1. The lowest BCUT2D eigenvalue weighted by Crippen LogP contribution is -2.19. The van der Waals surface area contributed by atoms with Gasteiger partial charge in [0.15, 0.2) is 0 Å². The van der Waals surface area contributed by atoms with Crippen LogP contribution in [0.25, 0.3) is 0 Å².